The number of ether oxygens (including phenoxy) is 1. The molecule has 0 fully saturated rings. The molecule has 0 aromatic heterocycles. The van der Waals surface area contributed by atoms with E-state index in [2.05, 4.69) is 66.7 Å². The molecule has 0 N–H and O–H groups in total. The van der Waals surface area contributed by atoms with Crippen molar-refractivity contribution in [1.29, 1.82) is 0 Å². The molecule has 0 saturated heterocycles. The van der Waals surface area contributed by atoms with Crippen molar-refractivity contribution in [2.75, 3.05) is 6.61 Å². The third-order valence-corrected chi connectivity index (χ3v) is 3.47. The Kier molecular flexibility index (Phi) is 4.02. The molecular formula is C20H18O. The maximum absolute atomic E-state index is 5.98. The minimum Gasteiger partial charge on any atom is -0.493 e. The van der Waals surface area contributed by atoms with Gasteiger partial charge in [0.2, 0.25) is 0 Å². The molecule has 0 heterocycles. The fraction of sp³-hybridized carbons (Fsp3) is 0.100. The molecule has 0 radical (unpaired) electrons. The van der Waals surface area contributed by atoms with Gasteiger partial charge in [0.05, 0.1) is 6.61 Å². The first-order valence-corrected chi connectivity index (χ1v) is 7.27. The summed E-state index contributed by atoms with van der Waals surface area (Å²) >= 11 is 0. The first-order chi connectivity index (χ1) is 10.4. The summed E-state index contributed by atoms with van der Waals surface area (Å²) in [5, 5.41) is 0. The average molecular weight is 274 g/mol. The summed E-state index contributed by atoms with van der Waals surface area (Å²) in [5.74, 6) is 0.956. The van der Waals surface area contributed by atoms with Gasteiger partial charge in [0.1, 0.15) is 5.75 Å². The van der Waals surface area contributed by atoms with Gasteiger partial charge in [0.15, 0.2) is 0 Å². The van der Waals surface area contributed by atoms with Crippen molar-refractivity contribution in [1.82, 2.24) is 0 Å². The molecule has 21 heavy (non-hydrogen) atoms. The van der Waals surface area contributed by atoms with Crippen molar-refractivity contribution in [2.24, 2.45) is 0 Å². The van der Waals surface area contributed by atoms with Crippen LogP contribution in [0.2, 0.25) is 0 Å². The SMILES string of the molecule is CCOc1c(-c2ccccc2)cccc1-c1ccccc1. The fourth-order valence-electron chi connectivity index (χ4n) is 2.53. The Bertz CT molecular complexity index is 645. The van der Waals surface area contributed by atoms with Crippen LogP contribution in [0.1, 0.15) is 6.92 Å². The number of hydrogen-bond donors (Lipinski definition) is 0. The third kappa shape index (κ3) is 2.82. The Balaban J connectivity index is 2.18. The van der Waals surface area contributed by atoms with Gasteiger partial charge in [-0.1, -0.05) is 78.9 Å². The van der Waals surface area contributed by atoms with Crippen LogP contribution in [-0.2, 0) is 0 Å². The van der Waals surface area contributed by atoms with E-state index in [0.29, 0.717) is 6.61 Å². The van der Waals surface area contributed by atoms with Gasteiger partial charge in [0, 0.05) is 11.1 Å². The largest absolute Gasteiger partial charge is 0.493 e. The zero-order chi connectivity index (χ0) is 14.5. The maximum atomic E-state index is 5.98. The van der Waals surface area contributed by atoms with Crippen LogP contribution < -0.4 is 4.74 Å². The van der Waals surface area contributed by atoms with E-state index < -0.39 is 0 Å². The summed E-state index contributed by atoms with van der Waals surface area (Å²) in [6.07, 6.45) is 0. The van der Waals surface area contributed by atoms with Crippen LogP contribution in [0.3, 0.4) is 0 Å². The van der Waals surface area contributed by atoms with Crippen LogP contribution in [0, 0.1) is 0 Å². The van der Waals surface area contributed by atoms with Crippen molar-refractivity contribution < 1.29 is 4.74 Å². The first-order valence-electron chi connectivity index (χ1n) is 7.27. The Labute approximate surface area is 125 Å². The van der Waals surface area contributed by atoms with Crippen LogP contribution in [-0.4, -0.2) is 6.61 Å². The molecule has 0 amide bonds. The molecule has 3 rings (SSSR count). The highest BCUT2D eigenvalue weighted by Crippen LogP contribution is 2.38. The highest BCUT2D eigenvalue weighted by atomic mass is 16.5. The molecule has 1 nitrogen and oxygen atoms in total. The van der Waals surface area contributed by atoms with E-state index in [-0.39, 0.29) is 0 Å². The number of rotatable bonds is 4. The van der Waals surface area contributed by atoms with Crippen molar-refractivity contribution in [2.45, 2.75) is 6.92 Å². The summed E-state index contributed by atoms with van der Waals surface area (Å²) in [6.45, 7) is 2.68. The van der Waals surface area contributed by atoms with Crippen LogP contribution >= 0.6 is 0 Å². The molecule has 0 aliphatic rings. The number of hydrogen-bond acceptors (Lipinski definition) is 1. The van der Waals surface area contributed by atoms with Crippen LogP contribution in [0.4, 0.5) is 0 Å². The molecule has 0 saturated carbocycles. The van der Waals surface area contributed by atoms with Crippen LogP contribution in [0.15, 0.2) is 78.9 Å². The van der Waals surface area contributed by atoms with Gasteiger partial charge in [0.25, 0.3) is 0 Å². The van der Waals surface area contributed by atoms with Gasteiger partial charge in [-0.2, -0.15) is 0 Å². The second kappa shape index (κ2) is 6.27. The molecular weight excluding hydrogens is 256 g/mol. The average Bonchev–Trinajstić information content (AvgIpc) is 2.57. The minimum absolute atomic E-state index is 0.656. The minimum atomic E-state index is 0.656. The van der Waals surface area contributed by atoms with Crippen LogP contribution in [0.25, 0.3) is 22.3 Å². The molecule has 1 heteroatoms. The summed E-state index contributed by atoms with van der Waals surface area (Å²) < 4.78 is 5.98. The lowest BCUT2D eigenvalue weighted by atomic mass is 9.97. The van der Waals surface area contributed by atoms with Crippen molar-refractivity contribution in [3.05, 3.63) is 78.9 Å². The van der Waals surface area contributed by atoms with Gasteiger partial charge in [-0.05, 0) is 18.1 Å². The molecule has 0 atom stereocenters. The molecule has 104 valence electrons. The fourth-order valence-corrected chi connectivity index (χ4v) is 2.53. The number of para-hydroxylation sites is 1. The highest BCUT2D eigenvalue weighted by molar-refractivity contribution is 5.82. The summed E-state index contributed by atoms with van der Waals surface area (Å²) in [6, 6.07) is 27.1. The van der Waals surface area contributed by atoms with E-state index in [9.17, 15) is 0 Å². The molecule has 0 spiro atoms. The predicted octanol–water partition coefficient (Wildman–Crippen LogP) is 5.42. The summed E-state index contributed by atoms with van der Waals surface area (Å²) in [7, 11) is 0. The Morgan fingerprint density at radius 2 is 1.10 bits per heavy atom. The molecule has 0 unspecified atom stereocenters. The Morgan fingerprint density at radius 1 is 0.619 bits per heavy atom. The highest BCUT2D eigenvalue weighted by Gasteiger charge is 2.12. The molecule has 3 aromatic carbocycles. The van der Waals surface area contributed by atoms with Gasteiger partial charge in [-0.15, -0.1) is 0 Å². The monoisotopic (exact) mass is 274 g/mol. The topological polar surface area (TPSA) is 9.23 Å². The van der Waals surface area contributed by atoms with Crippen molar-refractivity contribution in [3.8, 4) is 28.0 Å². The van der Waals surface area contributed by atoms with E-state index in [1.165, 1.54) is 11.1 Å². The molecule has 0 bridgehead atoms. The third-order valence-electron chi connectivity index (χ3n) is 3.47. The predicted molar refractivity (Wildman–Crippen MR) is 88.5 cm³/mol. The van der Waals surface area contributed by atoms with Gasteiger partial charge >= 0.3 is 0 Å². The van der Waals surface area contributed by atoms with E-state index in [4.69, 9.17) is 4.74 Å². The van der Waals surface area contributed by atoms with E-state index >= 15 is 0 Å². The van der Waals surface area contributed by atoms with E-state index in [1.807, 2.05) is 19.1 Å². The summed E-state index contributed by atoms with van der Waals surface area (Å²) in [4.78, 5) is 0. The second-order valence-corrected chi connectivity index (χ2v) is 4.85. The lowest BCUT2D eigenvalue weighted by Gasteiger charge is -2.15. The normalized spacial score (nSPS) is 10.3. The van der Waals surface area contributed by atoms with Gasteiger partial charge in [-0.3, -0.25) is 0 Å². The van der Waals surface area contributed by atoms with Crippen molar-refractivity contribution >= 4 is 0 Å². The zero-order valence-corrected chi connectivity index (χ0v) is 12.1. The van der Waals surface area contributed by atoms with E-state index in [0.717, 1.165) is 16.9 Å². The standard InChI is InChI=1S/C20H18O/c1-2-21-20-18(16-10-5-3-6-11-16)14-9-15-19(20)17-12-7-4-8-13-17/h3-15H,2H2,1H3. The molecule has 3 aromatic rings. The summed E-state index contributed by atoms with van der Waals surface area (Å²) in [5.41, 5.74) is 4.63. The van der Waals surface area contributed by atoms with Crippen molar-refractivity contribution in [3.63, 3.8) is 0 Å². The number of benzene rings is 3. The maximum Gasteiger partial charge on any atom is 0.134 e. The van der Waals surface area contributed by atoms with Crippen LogP contribution in [0.5, 0.6) is 5.75 Å². The quantitative estimate of drug-likeness (QED) is 0.617. The van der Waals surface area contributed by atoms with Gasteiger partial charge < -0.3 is 4.74 Å². The zero-order valence-electron chi connectivity index (χ0n) is 12.1. The smallest absolute Gasteiger partial charge is 0.134 e. The van der Waals surface area contributed by atoms with Gasteiger partial charge in [-0.25, -0.2) is 0 Å². The lowest BCUT2D eigenvalue weighted by Crippen LogP contribution is -1.97. The molecule has 0 aliphatic carbocycles. The second-order valence-electron chi connectivity index (χ2n) is 4.85. The molecule has 0 aliphatic heterocycles. The van der Waals surface area contributed by atoms with E-state index in [1.54, 1.807) is 0 Å². The Hall–Kier alpha value is -2.54. The first kappa shape index (κ1) is 13.4. The Morgan fingerprint density at radius 3 is 1.52 bits per heavy atom. The lowest BCUT2D eigenvalue weighted by molar-refractivity contribution is 0.343.